The summed E-state index contributed by atoms with van der Waals surface area (Å²) in [4.78, 5) is 12.6. The molecule has 1 N–H and O–H groups in total. The molecule has 3 aromatic rings. The third-order valence-corrected chi connectivity index (χ3v) is 6.13. The zero-order chi connectivity index (χ0) is 22.5. The second kappa shape index (κ2) is 9.95. The van der Waals surface area contributed by atoms with Gasteiger partial charge >= 0.3 is 0 Å². The summed E-state index contributed by atoms with van der Waals surface area (Å²) >= 11 is 1.35. The van der Waals surface area contributed by atoms with Gasteiger partial charge in [-0.3, -0.25) is 4.79 Å². The smallest absolute Gasteiger partial charge is 0.231 e. The molecule has 168 valence electrons. The average molecular weight is 455 g/mol. The van der Waals surface area contributed by atoms with E-state index in [1.807, 2.05) is 60.9 Å². The molecule has 1 atom stereocenters. The highest BCUT2D eigenvalue weighted by Crippen LogP contribution is 2.35. The van der Waals surface area contributed by atoms with Crippen molar-refractivity contribution in [2.45, 2.75) is 38.2 Å². The second-order valence-electron chi connectivity index (χ2n) is 7.37. The van der Waals surface area contributed by atoms with Crippen molar-refractivity contribution in [1.29, 1.82) is 0 Å². The molecule has 0 radical (unpaired) electrons. The maximum absolute atomic E-state index is 12.6. The Morgan fingerprint density at radius 2 is 2.00 bits per heavy atom. The summed E-state index contributed by atoms with van der Waals surface area (Å²) < 4.78 is 18.7. The molecular formula is C23H26N4O4S. The fraction of sp³-hybridized carbons (Fsp3) is 0.348. The Hall–Kier alpha value is -3.20. The van der Waals surface area contributed by atoms with E-state index in [0.717, 1.165) is 28.6 Å². The Balaban J connectivity index is 1.33. The average Bonchev–Trinajstić information content (AvgIpc) is 3.40. The Bertz CT molecular complexity index is 1080. The van der Waals surface area contributed by atoms with Crippen LogP contribution in [0.5, 0.6) is 17.2 Å². The molecule has 1 aliphatic rings. The van der Waals surface area contributed by atoms with Crippen molar-refractivity contribution in [2.24, 2.45) is 0 Å². The summed E-state index contributed by atoms with van der Waals surface area (Å²) in [7, 11) is 1.62. The van der Waals surface area contributed by atoms with Crippen molar-refractivity contribution in [3.05, 3.63) is 59.4 Å². The van der Waals surface area contributed by atoms with Crippen molar-refractivity contribution in [1.82, 2.24) is 20.1 Å². The third kappa shape index (κ3) is 4.99. The molecule has 32 heavy (non-hydrogen) atoms. The number of amides is 1. The zero-order valence-electron chi connectivity index (χ0n) is 18.3. The molecule has 0 aliphatic carbocycles. The van der Waals surface area contributed by atoms with E-state index in [0.29, 0.717) is 24.9 Å². The number of hydrogen-bond acceptors (Lipinski definition) is 7. The molecule has 9 heteroatoms. The van der Waals surface area contributed by atoms with Gasteiger partial charge in [0.05, 0.1) is 18.9 Å². The number of aromatic nitrogens is 3. The Labute approximate surface area is 191 Å². The van der Waals surface area contributed by atoms with Gasteiger partial charge in [0.1, 0.15) is 30.5 Å². The van der Waals surface area contributed by atoms with E-state index < -0.39 is 0 Å². The number of ether oxygens (including phenoxy) is 3. The van der Waals surface area contributed by atoms with Gasteiger partial charge in [0.25, 0.3) is 0 Å². The summed E-state index contributed by atoms with van der Waals surface area (Å²) in [6.07, 6.45) is 0. The van der Waals surface area contributed by atoms with E-state index in [4.69, 9.17) is 14.2 Å². The van der Waals surface area contributed by atoms with Gasteiger partial charge < -0.3 is 24.1 Å². The minimum absolute atomic E-state index is 0.0950. The van der Waals surface area contributed by atoms with Gasteiger partial charge in [-0.05, 0) is 44.2 Å². The van der Waals surface area contributed by atoms with Gasteiger partial charge in [0.2, 0.25) is 5.91 Å². The van der Waals surface area contributed by atoms with E-state index >= 15 is 0 Å². The number of fused-ring (bicyclic) bond motifs is 1. The minimum Gasteiger partial charge on any atom is -0.497 e. The lowest BCUT2D eigenvalue weighted by atomic mass is 10.1. The zero-order valence-corrected chi connectivity index (χ0v) is 19.1. The molecule has 8 nitrogen and oxygen atoms in total. The molecule has 1 amide bonds. The molecule has 1 aromatic heterocycles. The van der Waals surface area contributed by atoms with Crippen LogP contribution in [0.4, 0.5) is 0 Å². The standard InChI is InChI=1S/C23H26N4O4S/c1-4-27-21(13-30-16-7-5-15(2)6-8-16)25-26-23(27)32-14-22(28)24-19-12-31-20-10-9-17(29-3)11-18(19)20/h5-11,19H,4,12-14H2,1-3H3,(H,24,28)/t19-/m0/s1. The van der Waals surface area contributed by atoms with Crippen molar-refractivity contribution < 1.29 is 19.0 Å². The summed E-state index contributed by atoms with van der Waals surface area (Å²) in [5.74, 6) is 3.15. The molecule has 0 bridgehead atoms. The summed E-state index contributed by atoms with van der Waals surface area (Å²) in [5, 5.41) is 12.2. The summed E-state index contributed by atoms with van der Waals surface area (Å²) in [6.45, 7) is 5.46. The molecule has 0 unspecified atom stereocenters. The molecular weight excluding hydrogens is 428 g/mol. The molecule has 0 spiro atoms. The van der Waals surface area contributed by atoms with Crippen LogP contribution in [0.1, 0.15) is 29.9 Å². The van der Waals surface area contributed by atoms with Gasteiger partial charge in [0.15, 0.2) is 11.0 Å². The Morgan fingerprint density at radius 3 is 2.75 bits per heavy atom. The van der Waals surface area contributed by atoms with Crippen LogP contribution in [0.25, 0.3) is 0 Å². The predicted octanol–water partition coefficient (Wildman–Crippen LogP) is 3.54. The first-order chi connectivity index (χ1) is 15.6. The first-order valence-corrected chi connectivity index (χ1v) is 11.4. The van der Waals surface area contributed by atoms with E-state index in [-0.39, 0.29) is 17.7 Å². The largest absolute Gasteiger partial charge is 0.497 e. The van der Waals surface area contributed by atoms with Crippen molar-refractivity contribution in [3.8, 4) is 17.2 Å². The van der Waals surface area contributed by atoms with Crippen LogP contribution < -0.4 is 19.5 Å². The minimum atomic E-state index is -0.198. The van der Waals surface area contributed by atoms with Crippen LogP contribution in [-0.4, -0.2) is 40.1 Å². The first kappa shape index (κ1) is 22.0. The van der Waals surface area contributed by atoms with Crippen LogP contribution in [0.3, 0.4) is 0 Å². The molecule has 2 heterocycles. The van der Waals surface area contributed by atoms with Gasteiger partial charge in [-0.1, -0.05) is 29.5 Å². The summed E-state index contributed by atoms with van der Waals surface area (Å²) in [5.41, 5.74) is 2.10. The molecule has 1 aliphatic heterocycles. The highest BCUT2D eigenvalue weighted by molar-refractivity contribution is 7.99. The lowest BCUT2D eigenvalue weighted by Gasteiger charge is -2.12. The van der Waals surface area contributed by atoms with Crippen LogP contribution in [-0.2, 0) is 17.9 Å². The van der Waals surface area contributed by atoms with Crippen LogP contribution in [0, 0.1) is 6.92 Å². The number of nitrogens with zero attached hydrogens (tertiary/aromatic N) is 3. The van der Waals surface area contributed by atoms with Crippen LogP contribution in [0.15, 0.2) is 47.6 Å². The number of hydrogen-bond donors (Lipinski definition) is 1. The van der Waals surface area contributed by atoms with E-state index in [9.17, 15) is 4.79 Å². The maximum Gasteiger partial charge on any atom is 0.231 e. The number of nitrogens with one attached hydrogen (secondary N) is 1. The molecule has 2 aromatic carbocycles. The predicted molar refractivity (Wildman–Crippen MR) is 121 cm³/mol. The van der Waals surface area contributed by atoms with E-state index in [1.54, 1.807) is 7.11 Å². The monoisotopic (exact) mass is 454 g/mol. The molecule has 0 fully saturated rings. The number of thioether (sulfide) groups is 1. The maximum atomic E-state index is 12.6. The number of methoxy groups -OCH3 is 1. The highest BCUT2D eigenvalue weighted by Gasteiger charge is 2.26. The number of carbonyl (C=O) groups excluding carboxylic acids is 1. The van der Waals surface area contributed by atoms with Crippen LogP contribution >= 0.6 is 11.8 Å². The van der Waals surface area contributed by atoms with Gasteiger partial charge in [-0.2, -0.15) is 0 Å². The lowest BCUT2D eigenvalue weighted by Crippen LogP contribution is -2.30. The van der Waals surface area contributed by atoms with Gasteiger partial charge in [-0.25, -0.2) is 0 Å². The van der Waals surface area contributed by atoms with Crippen LogP contribution in [0.2, 0.25) is 0 Å². The highest BCUT2D eigenvalue weighted by atomic mass is 32.2. The molecule has 0 saturated heterocycles. The Morgan fingerprint density at radius 1 is 1.22 bits per heavy atom. The molecule has 0 saturated carbocycles. The Kier molecular flexibility index (Phi) is 6.84. The van der Waals surface area contributed by atoms with Gasteiger partial charge in [0, 0.05) is 12.1 Å². The quantitative estimate of drug-likeness (QED) is 0.495. The van der Waals surface area contributed by atoms with E-state index in [2.05, 4.69) is 15.5 Å². The van der Waals surface area contributed by atoms with Gasteiger partial charge in [-0.15, -0.1) is 10.2 Å². The summed E-state index contributed by atoms with van der Waals surface area (Å²) in [6, 6.07) is 13.3. The third-order valence-electron chi connectivity index (χ3n) is 5.16. The second-order valence-corrected chi connectivity index (χ2v) is 8.31. The number of carbonyl (C=O) groups is 1. The number of rotatable bonds is 9. The van der Waals surface area contributed by atoms with Crippen molar-refractivity contribution in [3.63, 3.8) is 0 Å². The fourth-order valence-corrected chi connectivity index (χ4v) is 4.27. The normalized spacial score (nSPS) is 14.5. The number of benzene rings is 2. The number of aryl methyl sites for hydroxylation is 1. The van der Waals surface area contributed by atoms with Crippen molar-refractivity contribution >= 4 is 17.7 Å². The topological polar surface area (TPSA) is 87.5 Å². The van der Waals surface area contributed by atoms with E-state index in [1.165, 1.54) is 17.3 Å². The van der Waals surface area contributed by atoms with Crippen molar-refractivity contribution in [2.75, 3.05) is 19.5 Å². The first-order valence-electron chi connectivity index (χ1n) is 10.4. The SMILES string of the molecule is CCn1c(COc2ccc(C)cc2)nnc1SCC(=O)N[C@H]1COc2ccc(OC)cc21. The fourth-order valence-electron chi connectivity index (χ4n) is 3.44. The lowest BCUT2D eigenvalue weighted by molar-refractivity contribution is -0.119. The molecule has 4 rings (SSSR count).